The zero-order valence-corrected chi connectivity index (χ0v) is 13.5. The van der Waals surface area contributed by atoms with Gasteiger partial charge in [-0.2, -0.15) is 0 Å². The largest absolute Gasteiger partial charge is 0.394 e. The van der Waals surface area contributed by atoms with Crippen LogP contribution < -0.4 is 5.32 Å². The zero-order valence-electron chi connectivity index (χ0n) is 9.79. The van der Waals surface area contributed by atoms with E-state index in [2.05, 4.69) is 43.8 Å². The Morgan fingerprint density at radius 3 is 2.94 bits per heavy atom. The van der Waals surface area contributed by atoms with Crippen molar-refractivity contribution in [3.8, 4) is 0 Å². The maximum Gasteiger partial charge on any atom is 0.252 e. The molecule has 0 radical (unpaired) electrons. The van der Waals surface area contributed by atoms with Gasteiger partial charge in [0.05, 0.1) is 18.8 Å². The summed E-state index contributed by atoms with van der Waals surface area (Å²) in [6.45, 7) is 1.47. The summed E-state index contributed by atoms with van der Waals surface area (Å²) in [5.41, 5.74) is 0.637. The molecular formula is C12H15BrINO3. The minimum absolute atomic E-state index is 0.0295. The topological polar surface area (TPSA) is 58.6 Å². The molecule has 0 unspecified atom stereocenters. The predicted molar refractivity (Wildman–Crippen MR) is 81.7 cm³/mol. The second-order valence-corrected chi connectivity index (χ2v) is 5.67. The zero-order chi connectivity index (χ0) is 13.4. The molecule has 0 atom stereocenters. The number of hydrogen-bond acceptors (Lipinski definition) is 3. The van der Waals surface area contributed by atoms with Crippen molar-refractivity contribution in [2.75, 3.05) is 26.4 Å². The molecule has 0 saturated carbocycles. The second-order valence-electron chi connectivity index (χ2n) is 3.57. The van der Waals surface area contributed by atoms with Crippen LogP contribution in [0.3, 0.4) is 0 Å². The molecule has 0 aliphatic rings. The van der Waals surface area contributed by atoms with Crippen molar-refractivity contribution in [3.05, 3.63) is 31.8 Å². The van der Waals surface area contributed by atoms with Gasteiger partial charge in [0.2, 0.25) is 0 Å². The Balaban J connectivity index is 2.34. The van der Waals surface area contributed by atoms with Crippen molar-refractivity contribution in [3.63, 3.8) is 0 Å². The van der Waals surface area contributed by atoms with Gasteiger partial charge in [0.15, 0.2) is 0 Å². The molecule has 1 amide bonds. The van der Waals surface area contributed by atoms with Gasteiger partial charge >= 0.3 is 0 Å². The summed E-state index contributed by atoms with van der Waals surface area (Å²) >= 11 is 5.53. The number of carbonyl (C=O) groups excluding carboxylic acids is 1. The van der Waals surface area contributed by atoms with E-state index in [4.69, 9.17) is 9.84 Å². The van der Waals surface area contributed by atoms with Crippen LogP contribution in [0.5, 0.6) is 0 Å². The molecular weight excluding hydrogens is 413 g/mol. The van der Waals surface area contributed by atoms with E-state index in [1.54, 1.807) is 0 Å². The number of halogens is 2. The molecule has 0 spiro atoms. The lowest BCUT2D eigenvalue weighted by atomic mass is 10.2. The number of hydrogen-bond donors (Lipinski definition) is 2. The first-order valence-corrected chi connectivity index (χ1v) is 7.44. The molecule has 1 aromatic rings. The number of amides is 1. The molecule has 0 heterocycles. The van der Waals surface area contributed by atoms with Gasteiger partial charge in [-0.25, -0.2) is 0 Å². The molecule has 0 saturated heterocycles. The Kier molecular flexibility index (Phi) is 7.80. The predicted octanol–water partition coefficient (Wildman–Crippen LogP) is 2.18. The monoisotopic (exact) mass is 427 g/mol. The van der Waals surface area contributed by atoms with Gasteiger partial charge in [-0.1, -0.05) is 0 Å². The van der Waals surface area contributed by atoms with Gasteiger partial charge in [0.25, 0.3) is 5.91 Å². The Labute approximate surface area is 128 Å². The molecule has 1 rings (SSSR count). The van der Waals surface area contributed by atoms with E-state index in [1.807, 2.05) is 18.2 Å². The molecule has 0 fully saturated rings. The molecule has 6 heteroatoms. The Morgan fingerprint density at radius 2 is 2.22 bits per heavy atom. The second kappa shape index (κ2) is 8.84. The third kappa shape index (κ3) is 5.64. The van der Waals surface area contributed by atoms with Crippen LogP contribution in [-0.4, -0.2) is 37.4 Å². The summed E-state index contributed by atoms with van der Waals surface area (Å²) in [6, 6.07) is 5.63. The van der Waals surface area contributed by atoms with E-state index >= 15 is 0 Å². The van der Waals surface area contributed by atoms with Gasteiger partial charge < -0.3 is 15.2 Å². The highest BCUT2D eigenvalue weighted by Crippen LogP contribution is 2.19. The Hall–Kier alpha value is -0.180. The minimum Gasteiger partial charge on any atom is -0.394 e. The Bertz CT molecular complexity index is 401. The number of carbonyl (C=O) groups is 1. The van der Waals surface area contributed by atoms with Crippen LogP contribution in [0.15, 0.2) is 22.7 Å². The average Bonchev–Trinajstić information content (AvgIpc) is 2.36. The van der Waals surface area contributed by atoms with Crippen molar-refractivity contribution >= 4 is 44.4 Å². The van der Waals surface area contributed by atoms with Crippen LogP contribution in [0.4, 0.5) is 0 Å². The number of aliphatic hydroxyl groups is 1. The van der Waals surface area contributed by atoms with Crippen molar-refractivity contribution in [1.29, 1.82) is 0 Å². The minimum atomic E-state index is -0.0949. The van der Waals surface area contributed by atoms with Crippen LogP contribution in [0.2, 0.25) is 0 Å². The lowest BCUT2D eigenvalue weighted by Crippen LogP contribution is -2.25. The maximum atomic E-state index is 11.9. The molecule has 1 aromatic carbocycles. The van der Waals surface area contributed by atoms with Crippen molar-refractivity contribution in [2.24, 2.45) is 0 Å². The molecule has 0 aromatic heterocycles. The molecule has 100 valence electrons. The summed E-state index contributed by atoms with van der Waals surface area (Å²) in [7, 11) is 0. The van der Waals surface area contributed by atoms with Crippen molar-refractivity contribution < 1.29 is 14.6 Å². The average molecular weight is 428 g/mol. The van der Waals surface area contributed by atoms with Crippen molar-refractivity contribution in [2.45, 2.75) is 6.42 Å². The number of aliphatic hydroxyl groups excluding tert-OH is 1. The molecule has 0 aliphatic carbocycles. The number of nitrogens with one attached hydrogen (secondary N) is 1. The van der Waals surface area contributed by atoms with Crippen LogP contribution in [0.25, 0.3) is 0 Å². The van der Waals surface area contributed by atoms with E-state index < -0.39 is 0 Å². The first-order valence-electron chi connectivity index (χ1n) is 5.57. The molecule has 4 nitrogen and oxygen atoms in total. The molecule has 2 N–H and O–H groups in total. The Morgan fingerprint density at radius 1 is 1.44 bits per heavy atom. The highest BCUT2D eigenvalue weighted by atomic mass is 127. The first-order chi connectivity index (χ1) is 8.65. The lowest BCUT2D eigenvalue weighted by Gasteiger charge is -2.07. The number of rotatable bonds is 7. The fourth-order valence-corrected chi connectivity index (χ4v) is 2.23. The standard InChI is InChI=1S/C12H15BrINO3/c13-11-3-2-9(14)8-10(11)12(17)15-4-1-6-18-7-5-16/h2-3,8,16H,1,4-7H2,(H,15,17). The summed E-state index contributed by atoms with van der Waals surface area (Å²) in [4.78, 5) is 11.9. The first kappa shape index (κ1) is 15.9. The normalized spacial score (nSPS) is 10.4. The third-order valence-corrected chi connectivity index (χ3v) is 3.52. The smallest absolute Gasteiger partial charge is 0.252 e. The highest BCUT2D eigenvalue weighted by molar-refractivity contribution is 14.1. The summed E-state index contributed by atoms with van der Waals surface area (Å²) in [6.07, 6.45) is 0.729. The summed E-state index contributed by atoms with van der Waals surface area (Å²) < 4.78 is 6.91. The molecule has 0 bridgehead atoms. The summed E-state index contributed by atoms with van der Waals surface area (Å²) in [5.74, 6) is -0.0949. The summed E-state index contributed by atoms with van der Waals surface area (Å²) in [5, 5.41) is 11.3. The van der Waals surface area contributed by atoms with E-state index in [9.17, 15) is 4.79 Å². The van der Waals surface area contributed by atoms with Gasteiger partial charge in [0, 0.05) is 21.2 Å². The maximum absolute atomic E-state index is 11.9. The van der Waals surface area contributed by atoms with Crippen LogP contribution >= 0.6 is 38.5 Å². The molecule has 0 aliphatic heterocycles. The van der Waals surface area contributed by atoms with Crippen LogP contribution in [0.1, 0.15) is 16.8 Å². The van der Waals surface area contributed by atoms with E-state index in [0.717, 1.165) is 14.5 Å². The number of ether oxygens (including phenoxy) is 1. The lowest BCUT2D eigenvalue weighted by molar-refractivity contribution is 0.0867. The van der Waals surface area contributed by atoms with Crippen LogP contribution in [-0.2, 0) is 4.74 Å². The van der Waals surface area contributed by atoms with E-state index in [1.165, 1.54) is 0 Å². The fourth-order valence-electron chi connectivity index (χ4n) is 1.31. The highest BCUT2D eigenvalue weighted by Gasteiger charge is 2.09. The van der Waals surface area contributed by atoms with Gasteiger partial charge in [-0.3, -0.25) is 4.79 Å². The van der Waals surface area contributed by atoms with E-state index in [0.29, 0.717) is 25.3 Å². The van der Waals surface area contributed by atoms with Gasteiger partial charge in [-0.15, -0.1) is 0 Å². The SMILES string of the molecule is O=C(NCCCOCCO)c1cc(I)ccc1Br. The van der Waals surface area contributed by atoms with Crippen LogP contribution in [0, 0.1) is 3.57 Å². The van der Waals surface area contributed by atoms with Gasteiger partial charge in [0.1, 0.15) is 0 Å². The van der Waals surface area contributed by atoms with Gasteiger partial charge in [-0.05, 0) is 63.1 Å². The number of benzene rings is 1. The van der Waals surface area contributed by atoms with Crippen molar-refractivity contribution in [1.82, 2.24) is 5.32 Å². The third-order valence-electron chi connectivity index (χ3n) is 2.16. The van der Waals surface area contributed by atoms with E-state index in [-0.39, 0.29) is 12.5 Å². The fraction of sp³-hybridized carbons (Fsp3) is 0.417. The molecule has 18 heavy (non-hydrogen) atoms. The quantitative estimate of drug-likeness (QED) is 0.518.